The van der Waals surface area contributed by atoms with Crippen molar-refractivity contribution in [2.45, 2.75) is 18.3 Å². The van der Waals surface area contributed by atoms with E-state index in [1.165, 1.54) is 81.7 Å². The largest absolute Gasteiger partial charge is 0.0760 e. The molecule has 0 N–H and O–H groups in total. The van der Waals surface area contributed by atoms with Gasteiger partial charge in [-0.25, -0.2) is 0 Å². The van der Waals surface area contributed by atoms with Crippen LogP contribution < -0.4 is 10.4 Å². The Morgan fingerprint density at radius 1 is 0.568 bits per heavy atom. The summed E-state index contributed by atoms with van der Waals surface area (Å²) in [6.07, 6.45) is 17.8. The third kappa shape index (κ3) is 3.29. The molecule has 44 heavy (non-hydrogen) atoms. The van der Waals surface area contributed by atoms with Crippen LogP contribution in [0.25, 0.3) is 49.5 Å². The molecular formula is C44H30. The summed E-state index contributed by atoms with van der Waals surface area (Å²) in [6, 6.07) is 41.0. The van der Waals surface area contributed by atoms with Gasteiger partial charge >= 0.3 is 0 Å². The van der Waals surface area contributed by atoms with Gasteiger partial charge in [0.2, 0.25) is 0 Å². The number of benzene rings is 6. The fourth-order valence-corrected chi connectivity index (χ4v) is 8.73. The molecule has 206 valence electrons. The van der Waals surface area contributed by atoms with Crippen LogP contribution in [0.3, 0.4) is 0 Å². The van der Waals surface area contributed by atoms with Gasteiger partial charge in [0.25, 0.3) is 0 Å². The highest BCUT2D eigenvalue weighted by Crippen LogP contribution is 2.53. The zero-order chi connectivity index (χ0) is 28.8. The molecule has 6 aromatic rings. The maximum atomic E-state index is 2.48. The molecule has 0 radical (unpaired) electrons. The zero-order valence-electron chi connectivity index (χ0n) is 24.4. The van der Waals surface area contributed by atoms with Crippen LogP contribution in [0.1, 0.15) is 40.5 Å². The van der Waals surface area contributed by atoms with Gasteiger partial charge in [-0.15, -0.1) is 0 Å². The summed E-state index contributed by atoms with van der Waals surface area (Å²) < 4.78 is 0. The molecule has 0 saturated heterocycles. The Labute approximate surface area is 257 Å². The molecule has 0 amide bonds. The minimum Gasteiger partial charge on any atom is -0.0760 e. The molecule has 0 nitrogen and oxygen atoms in total. The normalized spacial score (nSPS) is 21.1. The molecule has 3 atom stereocenters. The van der Waals surface area contributed by atoms with E-state index in [1.807, 2.05) is 0 Å². The monoisotopic (exact) mass is 558 g/mol. The summed E-state index contributed by atoms with van der Waals surface area (Å²) in [5.74, 6) is 0.890. The van der Waals surface area contributed by atoms with Crippen molar-refractivity contribution in [3.05, 3.63) is 184 Å². The van der Waals surface area contributed by atoms with Gasteiger partial charge in [-0.1, -0.05) is 152 Å². The molecule has 0 fully saturated rings. The minimum absolute atomic E-state index is 0.220. The number of allylic oxidation sites excluding steroid dienone is 8. The molecule has 0 heteroatoms. The zero-order valence-corrected chi connectivity index (χ0v) is 24.4. The molecule has 0 heterocycles. The first kappa shape index (κ1) is 24.3. The number of rotatable bonds is 2. The summed E-state index contributed by atoms with van der Waals surface area (Å²) >= 11 is 0. The smallest absolute Gasteiger partial charge is 0.0206 e. The first-order valence-electron chi connectivity index (χ1n) is 15.9. The summed E-state index contributed by atoms with van der Waals surface area (Å²) in [7, 11) is 0. The van der Waals surface area contributed by atoms with Crippen molar-refractivity contribution in [3.8, 4) is 0 Å². The molecule has 4 aliphatic carbocycles. The van der Waals surface area contributed by atoms with Crippen molar-refractivity contribution in [1.29, 1.82) is 0 Å². The molecule has 6 aromatic carbocycles. The first-order valence-corrected chi connectivity index (χ1v) is 15.9. The van der Waals surface area contributed by atoms with Gasteiger partial charge in [0.15, 0.2) is 0 Å². The lowest BCUT2D eigenvalue weighted by Gasteiger charge is -2.39. The molecule has 0 bridgehead atoms. The quantitative estimate of drug-likeness (QED) is 0.199. The van der Waals surface area contributed by atoms with Crippen molar-refractivity contribution in [1.82, 2.24) is 0 Å². The Bertz CT molecular complexity index is 2470. The van der Waals surface area contributed by atoms with Crippen molar-refractivity contribution < 1.29 is 0 Å². The Kier molecular flexibility index (Phi) is 5.05. The first-order chi connectivity index (χ1) is 21.8. The molecule has 0 aromatic heterocycles. The van der Waals surface area contributed by atoms with Crippen LogP contribution in [0.4, 0.5) is 0 Å². The highest BCUT2D eigenvalue weighted by Gasteiger charge is 2.38. The lowest BCUT2D eigenvalue weighted by atomic mass is 9.64. The third-order valence-electron chi connectivity index (χ3n) is 10.6. The van der Waals surface area contributed by atoms with Gasteiger partial charge in [0, 0.05) is 17.8 Å². The van der Waals surface area contributed by atoms with E-state index in [2.05, 4.69) is 152 Å². The fraction of sp³-hybridized carbons (Fsp3) is 0.0909. The van der Waals surface area contributed by atoms with Crippen LogP contribution in [0, 0.1) is 5.92 Å². The van der Waals surface area contributed by atoms with Gasteiger partial charge in [0.05, 0.1) is 0 Å². The molecule has 10 rings (SSSR count). The van der Waals surface area contributed by atoms with Crippen molar-refractivity contribution in [2.75, 3.05) is 0 Å². The topological polar surface area (TPSA) is 0 Å². The number of hydrogen-bond acceptors (Lipinski definition) is 0. The van der Waals surface area contributed by atoms with E-state index >= 15 is 0 Å². The second-order valence-corrected chi connectivity index (χ2v) is 12.7. The molecule has 0 saturated carbocycles. The molecule has 3 unspecified atom stereocenters. The van der Waals surface area contributed by atoms with E-state index in [0.717, 1.165) is 6.42 Å². The summed E-state index contributed by atoms with van der Waals surface area (Å²) in [4.78, 5) is 0. The molecule has 0 aliphatic heterocycles. The van der Waals surface area contributed by atoms with E-state index in [4.69, 9.17) is 0 Å². The molecule has 0 spiro atoms. The second-order valence-electron chi connectivity index (χ2n) is 12.7. The standard InChI is InChI=1S/C44H30/c1-3-14-32-27(9-1)11-8-18-34(32)42-35-16-5-6-17-36(35)44(43-33-15-4-2-10-28(33)21-26-39(42)43)38-25-23-31-20-19-29-12-7-13-30-22-24-37(38)41(31)40(29)30/h1-19,21-26,31,35,42H,20H2. The fourth-order valence-electron chi connectivity index (χ4n) is 8.73. The van der Waals surface area contributed by atoms with Crippen molar-refractivity contribution in [2.24, 2.45) is 5.92 Å². The van der Waals surface area contributed by atoms with Crippen LogP contribution in [0.2, 0.25) is 0 Å². The van der Waals surface area contributed by atoms with Crippen LogP contribution in [-0.4, -0.2) is 0 Å². The van der Waals surface area contributed by atoms with E-state index in [9.17, 15) is 0 Å². The van der Waals surface area contributed by atoms with E-state index in [-0.39, 0.29) is 11.8 Å². The van der Waals surface area contributed by atoms with Gasteiger partial charge in [0.1, 0.15) is 0 Å². The highest BCUT2D eigenvalue weighted by atomic mass is 14.4. The number of hydrogen-bond donors (Lipinski definition) is 0. The van der Waals surface area contributed by atoms with Gasteiger partial charge in [-0.05, 0) is 88.1 Å². The van der Waals surface area contributed by atoms with Gasteiger partial charge < -0.3 is 0 Å². The second kappa shape index (κ2) is 9.15. The van der Waals surface area contributed by atoms with Crippen LogP contribution in [0.5, 0.6) is 0 Å². The van der Waals surface area contributed by atoms with E-state index < -0.39 is 0 Å². The highest BCUT2D eigenvalue weighted by molar-refractivity contribution is 6.14. The van der Waals surface area contributed by atoms with E-state index in [1.54, 1.807) is 0 Å². The Morgan fingerprint density at radius 2 is 1.34 bits per heavy atom. The lowest BCUT2D eigenvalue weighted by Crippen LogP contribution is -2.28. The van der Waals surface area contributed by atoms with Crippen LogP contribution in [0.15, 0.2) is 151 Å². The molecular weight excluding hydrogens is 528 g/mol. The maximum absolute atomic E-state index is 2.48. The van der Waals surface area contributed by atoms with Gasteiger partial charge in [-0.3, -0.25) is 0 Å². The number of fused-ring (bicyclic) bond motifs is 5. The Morgan fingerprint density at radius 3 is 2.27 bits per heavy atom. The maximum Gasteiger partial charge on any atom is 0.0206 e. The van der Waals surface area contributed by atoms with Crippen LogP contribution in [-0.2, 0) is 0 Å². The van der Waals surface area contributed by atoms with Crippen molar-refractivity contribution >= 4 is 49.5 Å². The summed E-state index contributed by atoms with van der Waals surface area (Å²) in [5.41, 5.74) is 9.93. The average Bonchev–Trinajstić information content (AvgIpc) is 3.09. The average molecular weight is 559 g/mol. The SMILES string of the molecule is C1=CC2=C(C3=c4ccc5cccc6c5c4C(C=C3)CC=6)c3c(ccc4ccccc34)C(c3cccc4ccccc34)C2C=C1. The van der Waals surface area contributed by atoms with Gasteiger partial charge in [-0.2, -0.15) is 0 Å². The summed E-state index contributed by atoms with van der Waals surface area (Å²) in [6.45, 7) is 0. The van der Waals surface area contributed by atoms with Crippen molar-refractivity contribution in [3.63, 3.8) is 0 Å². The lowest BCUT2D eigenvalue weighted by molar-refractivity contribution is 0.655. The predicted molar refractivity (Wildman–Crippen MR) is 186 cm³/mol. The molecule has 4 aliphatic rings. The summed E-state index contributed by atoms with van der Waals surface area (Å²) in [5, 5.41) is 10.8. The Balaban J connectivity index is 1.36. The third-order valence-corrected chi connectivity index (χ3v) is 10.6. The van der Waals surface area contributed by atoms with E-state index in [0.29, 0.717) is 5.92 Å². The minimum atomic E-state index is 0.220. The Hall–Kier alpha value is -5.20. The predicted octanol–water partition coefficient (Wildman–Crippen LogP) is 9.48. The van der Waals surface area contributed by atoms with Crippen LogP contribution >= 0.6 is 0 Å².